The van der Waals surface area contributed by atoms with Crippen molar-refractivity contribution >= 4 is 43.9 Å². The minimum atomic E-state index is 0.844. The first-order valence-electron chi connectivity index (χ1n) is 6.36. The van der Waals surface area contributed by atoms with Gasteiger partial charge in [-0.15, -0.1) is 0 Å². The molecule has 20 heavy (non-hydrogen) atoms. The summed E-state index contributed by atoms with van der Waals surface area (Å²) in [5.41, 5.74) is 2.09. The standard InChI is InChI=1S/C16H14BrN3/c1-18-16-10-11(8-9-19-16)20-15-7-6-14(17)12-4-2-3-5-13(12)15/h2-10H,1H3,(H2,18,19,20). The summed E-state index contributed by atoms with van der Waals surface area (Å²) in [7, 11) is 1.86. The van der Waals surface area contributed by atoms with Gasteiger partial charge in [-0.1, -0.05) is 40.2 Å². The molecule has 0 atom stereocenters. The van der Waals surface area contributed by atoms with Gasteiger partial charge in [-0.25, -0.2) is 4.98 Å². The van der Waals surface area contributed by atoms with E-state index in [1.807, 2.05) is 31.3 Å². The SMILES string of the molecule is CNc1cc(Nc2ccc(Br)c3ccccc23)ccn1. The van der Waals surface area contributed by atoms with Crippen LogP contribution in [0.2, 0.25) is 0 Å². The fraction of sp³-hybridized carbons (Fsp3) is 0.0625. The molecule has 4 heteroatoms. The number of hydrogen-bond acceptors (Lipinski definition) is 3. The Hall–Kier alpha value is -2.07. The predicted octanol–water partition coefficient (Wildman–Crippen LogP) is 4.78. The smallest absolute Gasteiger partial charge is 0.127 e. The third kappa shape index (κ3) is 2.47. The van der Waals surface area contributed by atoms with Crippen molar-refractivity contribution in [2.24, 2.45) is 0 Å². The van der Waals surface area contributed by atoms with Gasteiger partial charge in [0.25, 0.3) is 0 Å². The van der Waals surface area contributed by atoms with E-state index in [4.69, 9.17) is 0 Å². The number of aromatic nitrogens is 1. The van der Waals surface area contributed by atoms with Crippen LogP contribution in [-0.2, 0) is 0 Å². The van der Waals surface area contributed by atoms with Crippen molar-refractivity contribution in [3.05, 3.63) is 59.2 Å². The first-order chi connectivity index (χ1) is 9.78. The maximum atomic E-state index is 4.22. The van der Waals surface area contributed by atoms with E-state index in [1.54, 1.807) is 6.20 Å². The van der Waals surface area contributed by atoms with Crippen molar-refractivity contribution in [1.82, 2.24) is 4.98 Å². The fourth-order valence-corrected chi connectivity index (χ4v) is 2.65. The predicted molar refractivity (Wildman–Crippen MR) is 88.7 cm³/mol. The van der Waals surface area contributed by atoms with E-state index in [0.717, 1.165) is 21.7 Å². The molecule has 100 valence electrons. The zero-order valence-electron chi connectivity index (χ0n) is 11.0. The summed E-state index contributed by atoms with van der Waals surface area (Å²) in [6.45, 7) is 0. The van der Waals surface area contributed by atoms with E-state index in [0.29, 0.717) is 0 Å². The lowest BCUT2D eigenvalue weighted by atomic mass is 10.1. The van der Waals surface area contributed by atoms with Crippen LogP contribution in [0.4, 0.5) is 17.2 Å². The Bertz CT molecular complexity index is 756. The normalized spacial score (nSPS) is 10.5. The Morgan fingerprint density at radius 3 is 2.60 bits per heavy atom. The van der Waals surface area contributed by atoms with Crippen LogP contribution in [0, 0.1) is 0 Å². The number of halogens is 1. The molecule has 3 nitrogen and oxygen atoms in total. The zero-order chi connectivity index (χ0) is 13.9. The molecule has 0 saturated carbocycles. The van der Waals surface area contributed by atoms with Gasteiger partial charge in [-0.2, -0.15) is 0 Å². The van der Waals surface area contributed by atoms with E-state index >= 15 is 0 Å². The molecule has 0 aliphatic carbocycles. The Kier molecular flexibility index (Phi) is 3.56. The van der Waals surface area contributed by atoms with E-state index in [2.05, 4.69) is 55.8 Å². The zero-order valence-corrected chi connectivity index (χ0v) is 12.6. The van der Waals surface area contributed by atoms with Gasteiger partial charge in [-0.05, 0) is 23.6 Å². The summed E-state index contributed by atoms with van der Waals surface area (Å²) in [6, 6.07) is 16.4. The molecule has 0 spiro atoms. The van der Waals surface area contributed by atoms with Gasteiger partial charge in [0.2, 0.25) is 0 Å². The van der Waals surface area contributed by atoms with Crippen molar-refractivity contribution in [2.75, 3.05) is 17.7 Å². The van der Waals surface area contributed by atoms with Crippen LogP contribution in [0.5, 0.6) is 0 Å². The Morgan fingerprint density at radius 1 is 1.00 bits per heavy atom. The van der Waals surface area contributed by atoms with Crippen LogP contribution in [0.15, 0.2) is 59.2 Å². The first kappa shape index (κ1) is 12.9. The summed E-state index contributed by atoms with van der Waals surface area (Å²) in [6.07, 6.45) is 1.79. The molecule has 0 aliphatic heterocycles. The second kappa shape index (κ2) is 5.51. The summed E-state index contributed by atoms with van der Waals surface area (Å²) in [4.78, 5) is 4.22. The number of fused-ring (bicyclic) bond motifs is 1. The van der Waals surface area contributed by atoms with Gasteiger partial charge in [0.15, 0.2) is 0 Å². The Labute approximate surface area is 126 Å². The second-order valence-electron chi connectivity index (χ2n) is 4.45. The average Bonchev–Trinajstić information content (AvgIpc) is 2.51. The maximum absolute atomic E-state index is 4.22. The van der Waals surface area contributed by atoms with Gasteiger partial charge in [0.05, 0.1) is 0 Å². The fourth-order valence-electron chi connectivity index (χ4n) is 2.17. The number of pyridine rings is 1. The number of benzene rings is 2. The van der Waals surface area contributed by atoms with Crippen molar-refractivity contribution < 1.29 is 0 Å². The highest BCUT2D eigenvalue weighted by Gasteiger charge is 2.04. The molecule has 1 heterocycles. The summed E-state index contributed by atoms with van der Waals surface area (Å²) >= 11 is 3.59. The van der Waals surface area contributed by atoms with Gasteiger partial charge in [0, 0.05) is 40.5 Å². The van der Waals surface area contributed by atoms with Crippen LogP contribution >= 0.6 is 15.9 Å². The minimum Gasteiger partial charge on any atom is -0.373 e. The van der Waals surface area contributed by atoms with Crippen LogP contribution < -0.4 is 10.6 Å². The highest BCUT2D eigenvalue weighted by molar-refractivity contribution is 9.10. The molecule has 3 rings (SSSR count). The molecule has 0 unspecified atom stereocenters. The molecular weight excluding hydrogens is 314 g/mol. The molecule has 0 bridgehead atoms. The van der Waals surface area contributed by atoms with Crippen LogP contribution in [0.3, 0.4) is 0 Å². The lowest BCUT2D eigenvalue weighted by Gasteiger charge is -2.11. The molecule has 0 radical (unpaired) electrons. The Balaban J connectivity index is 2.04. The topological polar surface area (TPSA) is 37.0 Å². The summed E-state index contributed by atoms with van der Waals surface area (Å²) < 4.78 is 1.10. The molecule has 0 saturated heterocycles. The van der Waals surface area contributed by atoms with Gasteiger partial charge in [-0.3, -0.25) is 0 Å². The quantitative estimate of drug-likeness (QED) is 0.726. The molecule has 0 aliphatic rings. The minimum absolute atomic E-state index is 0.844. The van der Waals surface area contributed by atoms with E-state index in [9.17, 15) is 0 Å². The number of anilines is 3. The monoisotopic (exact) mass is 327 g/mol. The van der Waals surface area contributed by atoms with E-state index in [-0.39, 0.29) is 0 Å². The highest BCUT2D eigenvalue weighted by atomic mass is 79.9. The largest absolute Gasteiger partial charge is 0.373 e. The number of nitrogens with zero attached hydrogens (tertiary/aromatic N) is 1. The number of nitrogens with one attached hydrogen (secondary N) is 2. The van der Waals surface area contributed by atoms with Crippen molar-refractivity contribution in [1.29, 1.82) is 0 Å². The maximum Gasteiger partial charge on any atom is 0.127 e. The summed E-state index contributed by atoms with van der Waals surface area (Å²) in [5, 5.41) is 8.87. The molecule has 0 fully saturated rings. The first-order valence-corrected chi connectivity index (χ1v) is 7.15. The Morgan fingerprint density at radius 2 is 1.80 bits per heavy atom. The van der Waals surface area contributed by atoms with Gasteiger partial charge >= 0.3 is 0 Å². The van der Waals surface area contributed by atoms with Crippen LogP contribution in [0.25, 0.3) is 10.8 Å². The van der Waals surface area contributed by atoms with E-state index < -0.39 is 0 Å². The van der Waals surface area contributed by atoms with E-state index in [1.165, 1.54) is 10.8 Å². The molecule has 0 amide bonds. The van der Waals surface area contributed by atoms with Crippen molar-refractivity contribution in [3.8, 4) is 0 Å². The van der Waals surface area contributed by atoms with Crippen LogP contribution in [-0.4, -0.2) is 12.0 Å². The lowest BCUT2D eigenvalue weighted by Crippen LogP contribution is -1.95. The third-order valence-corrected chi connectivity index (χ3v) is 3.86. The lowest BCUT2D eigenvalue weighted by molar-refractivity contribution is 1.29. The van der Waals surface area contributed by atoms with Gasteiger partial charge in [0.1, 0.15) is 5.82 Å². The van der Waals surface area contributed by atoms with Crippen LogP contribution in [0.1, 0.15) is 0 Å². The molecule has 3 aromatic rings. The van der Waals surface area contributed by atoms with Crippen molar-refractivity contribution in [2.45, 2.75) is 0 Å². The molecule has 1 aromatic heterocycles. The average molecular weight is 328 g/mol. The number of hydrogen-bond donors (Lipinski definition) is 2. The molecule has 2 aromatic carbocycles. The number of rotatable bonds is 3. The molecule has 2 N–H and O–H groups in total. The third-order valence-electron chi connectivity index (χ3n) is 3.17. The van der Waals surface area contributed by atoms with Crippen molar-refractivity contribution in [3.63, 3.8) is 0 Å². The summed E-state index contributed by atoms with van der Waals surface area (Å²) in [5.74, 6) is 0.844. The second-order valence-corrected chi connectivity index (χ2v) is 5.30. The molecular formula is C16H14BrN3. The highest BCUT2D eigenvalue weighted by Crippen LogP contribution is 2.31. The van der Waals surface area contributed by atoms with Gasteiger partial charge < -0.3 is 10.6 Å².